The number of rotatable bonds is 4. The number of piperazine rings is 1. The number of benzene rings is 1. The van der Waals surface area contributed by atoms with E-state index >= 15 is 0 Å². The molecule has 0 saturated carbocycles. The van der Waals surface area contributed by atoms with Gasteiger partial charge in [-0.1, -0.05) is 17.7 Å². The first-order chi connectivity index (χ1) is 15.1. The van der Waals surface area contributed by atoms with E-state index in [1.165, 1.54) is 17.4 Å². The number of aryl methyl sites for hydroxylation is 1. The summed E-state index contributed by atoms with van der Waals surface area (Å²) in [5, 5.41) is 7.45. The summed E-state index contributed by atoms with van der Waals surface area (Å²) in [6, 6.07) is 5.28. The second-order valence-corrected chi connectivity index (χ2v) is 8.83. The highest BCUT2D eigenvalue weighted by Gasteiger charge is 2.31. The van der Waals surface area contributed by atoms with E-state index in [1.807, 2.05) is 24.1 Å². The van der Waals surface area contributed by atoms with Gasteiger partial charge in [0.05, 0.1) is 34.1 Å². The van der Waals surface area contributed by atoms with Gasteiger partial charge in [-0.25, -0.2) is 9.67 Å². The molecular formula is C21H21ClF3N5OS. The minimum atomic E-state index is -4.38. The normalized spacial score (nSPS) is 14.8. The molecule has 0 bridgehead atoms. The minimum absolute atomic E-state index is 0.0584. The second kappa shape index (κ2) is 8.74. The second-order valence-electron chi connectivity index (χ2n) is 7.61. The Bertz CT molecular complexity index is 1130. The lowest BCUT2D eigenvalue weighted by Gasteiger charge is -2.36. The average Bonchev–Trinajstić information content (AvgIpc) is 3.33. The summed E-state index contributed by atoms with van der Waals surface area (Å²) >= 11 is 7.59. The Hall–Kier alpha value is -2.59. The molecule has 0 spiro atoms. The number of aromatic nitrogens is 3. The molecule has 3 heterocycles. The van der Waals surface area contributed by atoms with Gasteiger partial charge in [-0.2, -0.15) is 18.3 Å². The summed E-state index contributed by atoms with van der Waals surface area (Å²) in [6.45, 7) is 5.51. The molecular weight excluding hydrogens is 463 g/mol. The molecule has 0 atom stereocenters. The van der Waals surface area contributed by atoms with Crippen LogP contribution in [0.25, 0.3) is 5.13 Å². The smallest absolute Gasteiger partial charge is 0.368 e. The van der Waals surface area contributed by atoms with Crippen LogP contribution in [0.3, 0.4) is 0 Å². The topological polar surface area (TPSA) is 54.3 Å². The Morgan fingerprint density at radius 2 is 1.91 bits per heavy atom. The van der Waals surface area contributed by atoms with Crippen molar-refractivity contribution in [3.05, 3.63) is 57.3 Å². The predicted octanol–water partition coefficient (Wildman–Crippen LogP) is 4.51. The maximum Gasteiger partial charge on any atom is 0.416 e. The summed E-state index contributed by atoms with van der Waals surface area (Å²) in [6.07, 6.45) is -4.22. The molecule has 0 aliphatic carbocycles. The lowest BCUT2D eigenvalue weighted by atomic mass is 10.1. The van der Waals surface area contributed by atoms with Crippen LogP contribution >= 0.6 is 22.9 Å². The summed E-state index contributed by atoms with van der Waals surface area (Å²) in [4.78, 5) is 20.9. The molecule has 1 amide bonds. The van der Waals surface area contributed by atoms with Gasteiger partial charge in [0.2, 0.25) is 11.0 Å². The van der Waals surface area contributed by atoms with Crippen molar-refractivity contribution in [2.24, 2.45) is 0 Å². The van der Waals surface area contributed by atoms with Crippen molar-refractivity contribution in [1.82, 2.24) is 19.7 Å². The van der Waals surface area contributed by atoms with Crippen molar-refractivity contribution in [2.75, 3.05) is 31.1 Å². The number of anilines is 1. The van der Waals surface area contributed by atoms with E-state index < -0.39 is 11.7 Å². The van der Waals surface area contributed by atoms with Gasteiger partial charge in [0.1, 0.15) is 0 Å². The highest BCUT2D eigenvalue weighted by Crippen LogP contribution is 2.32. The van der Waals surface area contributed by atoms with Gasteiger partial charge in [-0.15, -0.1) is 11.3 Å². The molecule has 1 aliphatic rings. The standard InChI is InChI=1S/C21H21ClF3N5OS/c1-13-19(22)14(2)30(27-13)20-26-16(12-32-20)11-18(31)29-8-6-28(7-9-29)17-5-3-4-15(10-17)21(23,24)25/h3-5,10,12H,6-9,11H2,1-2H3. The number of carbonyl (C=O) groups is 1. The van der Waals surface area contributed by atoms with Crippen LogP contribution in [0.5, 0.6) is 0 Å². The number of thiazole rings is 1. The van der Waals surface area contributed by atoms with Gasteiger partial charge in [-0.3, -0.25) is 4.79 Å². The van der Waals surface area contributed by atoms with Crippen molar-refractivity contribution in [1.29, 1.82) is 0 Å². The number of halogens is 4. The van der Waals surface area contributed by atoms with Crippen molar-refractivity contribution in [3.8, 4) is 5.13 Å². The fraction of sp³-hybridized carbons (Fsp3) is 0.381. The Balaban J connectivity index is 1.36. The number of hydrogen-bond donors (Lipinski definition) is 0. The fourth-order valence-electron chi connectivity index (χ4n) is 3.64. The van der Waals surface area contributed by atoms with Gasteiger partial charge in [0.15, 0.2) is 0 Å². The highest BCUT2D eigenvalue weighted by molar-refractivity contribution is 7.12. The fourth-order valence-corrected chi connectivity index (χ4v) is 4.59. The van der Waals surface area contributed by atoms with Gasteiger partial charge in [0.25, 0.3) is 0 Å². The molecule has 170 valence electrons. The minimum Gasteiger partial charge on any atom is -0.368 e. The Morgan fingerprint density at radius 3 is 2.53 bits per heavy atom. The molecule has 0 radical (unpaired) electrons. The predicted molar refractivity (Wildman–Crippen MR) is 118 cm³/mol. The Kier molecular flexibility index (Phi) is 6.17. The van der Waals surface area contributed by atoms with E-state index in [0.29, 0.717) is 47.7 Å². The lowest BCUT2D eigenvalue weighted by Crippen LogP contribution is -2.49. The van der Waals surface area contributed by atoms with Crippen LogP contribution in [0.1, 0.15) is 22.6 Å². The van der Waals surface area contributed by atoms with E-state index in [2.05, 4.69) is 10.1 Å². The third kappa shape index (κ3) is 4.61. The molecule has 0 unspecified atom stereocenters. The maximum absolute atomic E-state index is 13.0. The van der Waals surface area contributed by atoms with Gasteiger partial charge in [0, 0.05) is 37.2 Å². The van der Waals surface area contributed by atoms with Gasteiger partial charge < -0.3 is 9.80 Å². The number of hydrogen-bond acceptors (Lipinski definition) is 5. The molecule has 6 nitrogen and oxygen atoms in total. The molecule has 0 N–H and O–H groups in total. The summed E-state index contributed by atoms with van der Waals surface area (Å²) < 4.78 is 40.6. The molecule has 1 fully saturated rings. The van der Waals surface area contributed by atoms with Crippen molar-refractivity contribution >= 4 is 34.5 Å². The van der Waals surface area contributed by atoms with Crippen LogP contribution in [-0.2, 0) is 17.4 Å². The SMILES string of the molecule is Cc1nn(-c2nc(CC(=O)N3CCN(c4cccc(C(F)(F)F)c4)CC3)cs2)c(C)c1Cl. The summed E-state index contributed by atoms with van der Waals surface area (Å²) in [7, 11) is 0. The number of alkyl halides is 3. The Labute approximate surface area is 192 Å². The number of amides is 1. The molecule has 32 heavy (non-hydrogen) atoms. The monoisotopic (exact) mass is 483 g/mol. The van der Waals surface area contributed by atoms with Gasteiger partial charge in [-0.05, 0) is 32.0 Å². The first kappa shape index (κ1) is 22.6. The third-order valence-corrected chi connectivity index (χ3v) is 6.84. The van der Waals surface area contributed by atoms with Crippen LogP contribution in [0.15, 0.2) is 29.6 Å². The third-order valence-electron chi connectivity index (χ3n) is 5.43. The van der Waals surface area contributed by atoms with E-state index in [9.17, 15) is 18.0 Å². The number of nitrogens with zero attached hydrogens (tertiary/aromatic N) is 5. The van der Waals surface area contributed by atoms with Crippen LogP contribution < -0.4 is 4.90 Å². The summed E-state index contributed by atoms with van der Waals surface area (Å²) in [5.41, 5.74) is 2.01. The molecule has 4 rings (SSSR count). The first-order valence-corrected chi connectivity index (χ1v) is 11.3. The highest BCUT2D eigenvalue weighted by atomic mass is 35.5. The Morgan fingerprint density at radius 1 is 1.19 bits per heavy atom. The lowest BCUT2D eigenvalue weighted by molar-refractivity contribution is -0.137. The molecule has 1 saturated heterocycles. The summed E-state index contributed by atoms with van der Waals surface area (Å²) in [5.74, 6) is -0.0584. The van der Waals surface area contributed by atoms with Crippen molar-refractivity contribution in [3.63, 3.8) is 0 Å². The van der Waals surface area contributed by atoms with Crippen LogP contribution in [-0.4, -0.2) is 51.8 Å². The van der Waals surface area contributed by atoms with E-state index in [1.54, 1.807) is 15.6 Å². The molecule has 2 aromatic heterocycles. The van der Waals surface area contributed by atoms with Crippen LogP contribution in [0, 0.1) is 13.8 Å². The largest absolute Gasteiger partial charge is 0.416 e. The maximum atomic E-state index is 13.0. The van der Waals surface area contributed by atoms with Crippen LogP contribution in [0.4, 0.5) is 18.9 Å². The molecule has 3 aromatic rings. The van der Waals surface area contributed by atoms with Crippen molar-refractivity contribution < 1.29 is 18.0 Å². The number of carbonyl (C=O) groups excluding carboxylic acids is 1. The van der Waals surface area contributed by atoms with Crippen molar-refractivity contribution in [2.45, 2.75) is 26.4 Å². The first-order valence-electron chi connectivity index (χ1n) is 10.00. The molecule has 1 aromatic carbocycles. The average molecular weight is 484 g/mol. The quantitative estimate of drug-likeness (QED) is 0.548. The van der Waals surface area contributed by atoms with Crippen LogP contribution in [0.2, 0.25) is 5.02 Å². The zero-order valence-corrected chi connectivity index (χ0v) is 19.1. The van der Waals surface area contributed by atoms with E-state index in [-0.39, 0.29) is 12.3 Å². The zero-order valence-electron chi connectivity index (χ0n) is 17.5. The molecule has 1 aliphatic heterocycles. The van der Waals surface area contributed by atoms with E-state index in [0.717, 1.165) is 23.5 Å². The van der Waals surface area contributed by atoms with E-state index in [4.69, 9.17) is 11.6 Å². The zero-order chi connectivity index (χ0) is 23.0. The van der Waals surface area contributed by atoms with Gasteiger partial charge >= 0.3 is 6.18 Å². The molecule has 11 heteroatoms.